The van der Waals surface area contributed by atoms with Crippen LogP contribution in [-0.2, 0) is 9.59 Å². The van der Waals surface area contributed by atoms with Crippen molar-refractivity contribution in [2.24, 2.45) is 5.92 Å². The number of allylic oxidation sites excluding steroid dienone is 3. The van der Waals surface area contributed by atoms with Crippen LogP contribution in [0.4, 0.5) is 0 Å². The predicted molar refractivity (Wildman–Crippen MR) is 79.0 cm³/mol. The summed E-state index contributed by atoms with van der Waals surface area (Å²) in [4.78, 5) is 25.7. The molecule has 1 aliphatic rings. The second-order valence-electron chi connectivity index (χ2n) is 5.03. The minimum Gasteiger partial charge on any atom is -0.505 e. The van der Waals surface area contributed by atoms with Gasteiger partial charge in [-0.3, -0.25) is 9.59 Å². The SMILES string of the molecule is CC=CCCCC(C)C(=O)C1=C(O)C(=CC)N(C)C1=O. The van der Waals surface area contributed by atoms with Crippen LogP contribution in [-0.4, -0.2) is 28.7 Å². The summed E-state index contributed by atoms with van der Waals surface area (Å²) >= 11 is 0. The quantitative estimate of drug-likeness (QED) is 0.461. The fourth-order valence-corrected chi connectivity index (χ4v) is 2.30. The molecule has 1 atom stereocenters. The Bertz CT molecular complexity index is 486. The number of hydrogen-bond donors (Lipinski definition) is 1. The molecule has 0 aliphatic carbocycles. The summed E-state index contributed by atoms with van der Waals surface area (Å²) in [5.74, 6) is -1.13. The van der Waals surface area contributed by atoms with Crippen molar-refractivity contribution in [3.8, 4) is 0 Å². The van der Waals surface area contributed by atoms with Gasteiger partial charge in [-0.05, 0) is 33.1 Å². The topological polar surface area (TPSA) is 57.6 Å². The Balaban J connectivity index is 2.81. The van der Waals surface area contributed by atoms with Crippen molar-refractivity contribution in [3.63, 3.8) is 0 Å². The number of hydrogen-bond acceptors (Lipinski definition) is 3. The van der Waals surface area contributed by atoms with E-state index in [0.29, 0.717) is 12.1 Å². The molecule has 1 N–H and O–H groups in total. The largest absolute Gasteiger partial charge is 0.505 e. The van der Waals surface area contributed by atoms with Crippen molar-refractivity contribution in [1.29, 1.82) is 0 Å². The molecule has 110 valence electrons. The number of likely N-dealkylation sites (N-methyl/N-ethyl adjacent to an activating group) is 1. The van der Waals surface area contributed by atoms with E-state index in [0.717, 1.165) is 12.8 Å². The van der Waals surface area contributed by atoms with E-state index in [1.165, 1.54) is 4.90 Å². The van der Waals surface area contributed by atoms with E-state index in [2.05, 4.69) is 6.08 Å². The Kier molecular flexibility index (Phi) is 5.74. The lowest BCUT2D eigenvalue weighted by molar-refractivity contribution is -0.127. The summed E-state index contributed by atoms with van der Waals surface area (Å²) < 4.78 is 0. The molecule has 4 nitrogen and oxygen atoms in total. The van der Waals surface area contributed by atoms with Gasteiger partial charge in [0.2, 0.25) is 0 Å². The molecule has 0 aromatic carbocycles. The van der Waals surface area contributed by atoms with Crippen LogP contribution in [0.5, 0.6) is 0 Å². The third-order valence-corrected chi connectivity index (χ3v) is 3.57. The number of carbonyl (C=O) groups is 2. The summed E-state index contributed by atoms with van der Waals surface area (Å²) in [5.41, 5.74) is 0.332. The molecular formula is C16H23NO3. The van der Waals surface area contributed by atoms with Crippen LogP contribution in [0, 0.1) is 5.92 Å². The third kappa shape index (κ3) is 3.18. The van der Waals surface area contributed by atoms with Crippen molar-refractivity contribution < 1.29 is 14.7 Å². The molecule has 0 bridgehead atoms. The second kappa shape index (κ2) is 7.08. The summed E-state index contributed by atoms with van der Waals surface area (Å²) in [5, 5.41) is 10.0. The maximum absolute atomic E-state index is 12.3. The van der Waals surface area contributed by atoms with Gasteiger partial charge in [0.25, 0.3) is 5.91 Å². The van der Waals surface area contributed by atoms with Crippen LogP contribution in [0.3, 0.4) is 0 Å². The highest BCUT2D eigenvalue weighted by atomic mass is 16.3. The fraction of sp³-hybridized carbons (Fsp3) is 0.500. The third-order valence-electron chi connectivity index (χ3n) is 3.57. The van der Waals surface area contributed by atoms with Gasteiger partial charge in [-0.1, -0.05) is 25.2 Å². The van der Waals surface area contributed by atoms with E-state index < -0.39 is 5.91 Å². The van der Waals surface area contributed by atoms with Gasteiger partial charge in [0, 0.05) is 13.0 Å². The molecule has 0 saturated carbocycles. The highest BCUT2D eigenvalue weighted by Crippen LogP contribution is 2.29. The standard InChI is InChI=1S/C16H23NO3/c1-5-7-8-9-10-11(3)14(18)13-15(19)12(6-2)17(4)16(13)20/h5-7,11,19H,8-10H2,1-4H3. The number of aliphatic hydroxyl groups is 1. The number of ketones is 1. The molecular weight excluding hydrogens is 254 g/mol. The Morgan fingerprint density at radius 2 is 2.05 bits per heavy atom. The summed E-state index contributed by atoms with van der Waals surface area (Å²) in [6, 6.07) is 0. The maximum Gasteiger partial charge on any atom is 0.265 e. The first-order valence-corrected chi connectivity index (χ1v) is 6.99. The van der Waals surface area contributed by atoms with Gasteiger partial charge < -0.3 is 10.0 Å². The van der Waals surface area contributed by atoms with E-state index in [9.17, 15) is 14.7 Å². The highest BCUT2D eigenvalue weighted by Gasteiger charge is 2.37. The lowest BCUT2D eigenvalue weighted by Gasteiger charge is -2.11. The first kappa shape index (κ1) is 16.2. The second-order valence-corrected chi connectivity index (χ2v) is 5.03. The minimum atomic E-state index is -0.416. The zero-order valence-corrected chi connectivity index (χ0v) is 12.6. The molecule has 4 heteroatoms. The number of rotatable bonds is 6. The maximum atomic E-state index is 12.3. The van der Waals surface area contributed by atoms with Crippen molar-refractivity contribution in [3.05, 3.63) is 35.3 Å². The van der Waals surface area contributed by atoms with E-state index in [1.807, 2.05) is 13.0 Å². The first-order chi connectivity index (χ1) is 9.45. The number of unbranched alkanes of at least 4 members (excludes halogenated alkanes) is 1. The Morgan fingerprint density at radius 3 is 2.55 bits per heavy atom. The Hall–Kier alpha value is -1.84. The molecule has 0 radical (unpaired) electrons. The molecule has 0 aromatic rings. The fourth-order valence-electron chi connectivity index (χ4n) is 2.30. The van der Waals surface area contributed by atoms with Crippen LogP contribution in [0.15, 0.2) is 35.3 Å². The van der Waals surface area contributed by atoms with Gasteiger partial charge >= 0.3 is 0 Å². The molecule has 20 heavy (non-hydrogen) atoms. The summed E-state index contributed by atoms with van der Waals surface area (Å²) in [6.45, 7) is 5.49. The predicted octanol–water partition coefficient (Wildman–Crippen LogP) is 3.13. The van der Waals surface area contributed by atoms with Crippen LogP contribution < -0.4 is 0 Å². The van der Waals surface area contributed by atoms with Gasteiger partial charge in [0.05, 0.1) is 5.70 Å². The average molecular weight is 277 g/mol. The van der Waals surface area contributed by atoms with Crippen LogP contribution in [0.1, 0.15) is 40.0 Å². The highest BCUT2D eigenvalue weighted by molar-refractivity contribution is 6.23. The van der Waals surface area contributed by atoms with E-state index in [1.54, 1.807) is 27.0 Å². The summed E-state index contributed by atoms with van der Waals surface area (Å²) in [7, 11) is 1.56. The smallest absolute Gasteiger partial charge is 0.265 e. The zero-order chi connectivity index (χ0) is 15.3. The first-order valence-electron chi connectivity index (χ1n) is 6.99. The molecule has 1 heterocycles. The van der Waals surface area contributed by atoms with E-state index in [-0.39, 0.29) is 23.0 Å². The monoisotopic (exact) mass is 277 g/mol. The van der Waals surface area contributed by atoms with Crippen molar-refractivity contribution in [2.75, 3.05) is 7.05 Å². The Morgan fingerprint density at radius 1 is 1.40 bits per heavy atom. The molecule has 0 fully saturated rings. The zero-order valence-electron chi connectivity index (χ0n) is 12.6. The van der Waals surface area contributed by atoms with Crippen LogP contribution in [0.25, 0.3) is 0 Å². The van der Waals surface area contributed by atoms with E-state index in [4.69, 9.17) is 0 Å². The van der Waals surface area contributed by atoms with Crippen molar-refractivity contribution >= 4 is 11.7 Å². The van der Waals surface area contributed by atoms with E-state index >= 15 is 0 Å². The summed E-state index contributed by atoms with van der Waals surface area (Å²) in [6.07, 6.45) is 8.19. The van der Waals surface area contributed by atoms with Crippen LogP contribution in [0.2, 0.25) is 0 Å². The normalized spacial score (nSPS) is 19.5. The number of aliphatic hydroxyl groups excluding tert-OH is 1. The molecule has 0 aromatic heterocycles. The van der Waals surface area contributed by atoms with Crippen molar-refractivity contribution in [1.82, 2.24) is 4.90 Å². The number of Topliss-reactive ketones (excluding diaryl/α,β-unsaturated/α-hetero) is 1. The van der Waals surface area contributed by atoms with Gasteiger partial charge in [-0.15, -0.1) is 0 Å². The molecule has 1 unspecified atom stereocenters. The van der Waals surface area contributed by atoms with Gasteiger partial charge in [-0.25, -0.2) is 0 Å². The molecule has 1 rings (SSSR count). The van der Waals surface area contributed by atoms with Gasteiger partial charge in [0.15, 0.2) is 11.5 Å². The lowest BCUT2D eigenvalue weighted by Crippen LogP contribution is -2.25. The number of nitrogens with zero attached hydrogens (tertiary/aromatic N) is 1. The minimum absolute atomic E-state index is 0.0702. The van der Waals surface area contributed by atoms with Gasteiger partial charge in [0.1, 0.15) is 5.57 Å². The number of carbonyl (C=O) groups excluding carboxylic acids is 2. The molecule has 1 aliphatic heterocycles. The molecule has 1 amide bonds. The Labute approximate surface area is 120 Å². The average Bonchev–Trinajstić information content (AvgIpc) is 2.64. The van der Waals surface area contributed by atoms with Crippen LogP contribution >= 0.6 is 0 Å². The number of amides is 1. The lowest BCUT2D eigenvalue weighted by atomic mass is 9.93. The van der Waals surface area contributed by atoms with Crippen molar-refractivity contribution in [2.45, 2.75) is 40.0 Å². The molecule has 0 saturated heterocycles. The van der Waals surface area contributed by atoms with Gasteiger partial charge in [-0.2, -0.15) is 0 Å². The molecule has 0 spiro atoms.